The fraction of sp³-hybridized carbons (Fsp3) is 0.125. The van der Waals surface area contributed by atoms with Gasteiger partial charge in [-0.15, -0.1) is 0 Å². The Kier molecular flexibility index (Phi) is 3.95. The van der Waals surface area contributed by atoms with E-state index in [1.54, 1.807) is 0 Å². The van der Waals surface area contributed by atoms with Gasteiger partial charge in [-0.3, -0.25) is 9.59 Å². The van der Waals surface area contributed by atoms with Crippen molar-refractivity contribution >= 4 is 17.4 Å². The van der Waals surface area contributed by atoms with E-state index in [1.165, 1.54) is 41.2 Å². The molecule has 8 heteroatoms. The molecule has 3 aromatic rings. The number of aliphatic hydroxyl groups is 1. The zero-order chi connectivity index (χ0) is 17.3. The van der Waals surface area contributed by atoms with Crippen LogP contribution in [-0.4, -0.2) is 30.8 Å². The number of carbonyl (C=O) groups is 1. The highest BCUT2D eigenvalue weighted by atomic mass is 19.1. The summed E-state index contributed by atoms with van der Waals surface area (Å²) in [7, 11) is 0. The zero-order valence-electron chi connectivity index (χ0n) is 12.3. The van der Waals surface area contributed by atoms with Gasteiger partial charge < -0.3 is 10.2 Å². The molecule has 2 N–H and O–H groups in total. The molecule has 7 nitrogen and oxygen atoms in total. The fourth-order valence-corrected chi connectivity index (χ4v) is 2.40. The van der Waals surface area contributed by atoms with E-state index in [-0.39, 0.29) is 29.5 Å². The van der Waals surface area contributed by atoms with Gasteiger partial charge in [-0.2, -0.15) is 5.10 Å². The molecule has 2 heterocycles. The highest BCUT2D eigenvalue weighted by Crippen LogP contribution is 2.17. The normalized spacial score (nSPS) is 12.4. The van der Waals surface area contributed by atoms with Crippen LogP contribution in [0.25, 0.3) is 22.7 Å². The number of carboxylic acids is 1. The first kappa shape index (κ1) is 15.6. The van der Waals surface area contributed by atoms with E-state index in [2.05, 4.69) is 10.1 Å². The number of hydrogen-bond acceptors (Lipinski definition) is 5. The third-order valence-corrected chi connectivity index (χ3v) is 3.52. The van der Waals surface area contributed by atoms with Crippen LogP contribution < -0.4 is 10.6 Å². The maximum absolute atomic E-state index is 13.1. The zero-order valence-corrected chi connectivity index (χ0v) is 12.3. The minimum absolute atomic E-state index is 0.0837. The molecule has 0 saturated heterocycles. The molecule has 0 radical (unpaired) electrons. The van der Waals surface area contributed by atoms with Gasteiger partial charge in [0, 0.05) is 18.1 Å². The number of halogens is 1. The van der Waals surface area contributed by atoms with E-state index in [0.29, 0.717) is 11.3 Å². The van der Waals surface area contributed by atoms with E-state index in [4.69, 9.17) is 5.11 Å². The van der Waals surface area contributed by atoms with Crippen LogP contribution in [0.15, 0.2) is 41.5 Å². The number of nitrogens with zero attached hydrogens (tertiary/aromatic N) is 3. The Labute approximate surface area is 134 Å². The second kappa shape index (κ2) is 6.07. The molecule has 2 aromatic heterocycles. The maximum Gasteiger partial charge on any atom is 0.303 e. The highest BCUT2D eigenvalue weighted by molar-refractivity contribution is 5.69. The molecule has 0 spiro atoms. The average Bonchev–Trinajstić information content (AvgIpc) is 3.02. The minimum atomic E-state index is -1.09. The van der Waals surface area contributed by atoms with Crippen molar-refractivity contribution in [3.63, 3.8) is 0 Å². The third-order valence-electron chi connectivity index (χ3n) is 3.52. The maximum atomic E-state index is 13.1. The molecule has 0 aliphatic heterocycles. The van der Waals surface area contributed by atoms with Gasteiger partial charge in [0.15, 0.2) is 11.1 Å². The molecule has 0 aliphatic carbocycles. The van der Waals surface area contributed by atoms with Crippen molar-refractivity contribution in [3.8, 4) is 11.3 Å². The highest BCUT2D eigenvalue weighted by Gasteiger charge is 2.13. The summed E-state index contributed by atoms with van der Waals surface area (Å²) in [5, 5.41) is 22.7. The number of rotatable bonds is 4. The predicted molar refractivity (Wildman–Crippen MR) is 82.8 cm³/mol. The van der Waals surface area contributed by atoms with Crippen molar-refractivity contribution in [1.29, 1.82) is 0 Å². The predicted octanol–water partition coefficient (Wildman–Crippen LogP) is 1.15. The monoisotopic (exact) mass is 329 g/mol. The number of aliphatic carboxylic acids is 1. The van der Waals surface area contributed by atoms with E-state index >= 15 is 0 Å². The van der Waals surface area contributed by atoms with Crippen molar-refractivity contribution in [2.75, 3.05) is 0 Å². The van der Waals surface area contributed by atoms with E-state index in [0.717, 1.165) is 0 Å². The molecule has 1 aromatic carbocycles. The Hall–Kier alpha value is -3.29. The van der Waals surface area contributed by atoms with E-state index in [9.17, 15) is 19.1 Å². The molecule has 24 heavy (non-hydrogen) atoms. The Morgan fingerprint density at radius 2 is 1.88 bits per heavy atom. The smallest absolute Gasteiger partial charge is 0.303 e. The van der Waals surface area contributed by atoms with Crippen molar-refractivity contribution in [3.05, 3.63) is 57.9 Å². The Bertz CT molecular complexity index is 1030. The lowest BCUT2D eigenvalue weighted by Crippen LogP contribution is -2.30. The molecule has 0 atom stereocenters. The number of fused-ring (bicyclic) bond motifs is 1. The summed E-state index contributed by atoms with van der Waals surface area (Å²) < 4.78 is 14.4. The Balaban J connectivity index is 2.24. The van der Waals surface area contributed by atoms with Gasteiger partial charge in [0.1, 0.15) is 23.1 Å². The van der Waals surface area contributed by atoms with Crippen molar-refractivity contribution in [1.82, 2.24) is 14.6 Å². The number of carboxylic acid groups (broad SMARTS) is 1. The molecule has 0 unspecified atom stereocenters. The fourth-order valence-electron chi connectivity index (χ4n) is 2.40. The SMILES string of the molecule is O=C(O)CC/C(O)=c1\c(=O)cc(-c2ccc(F)cc2)n2ncnc12. The van der Waals surface area contributed by atoms with Gasteiger partial charge in [-0.1, -0.05) is 0 Å². The topological polar surface area (TPSA) is 105 Å². The Morgan fingerprint density at radius 1 is 1.17 bits per heavy atom. The van der Waals surface area contributed by atoms with Crippen molar-refractivity contribution in [2.45, 2.75) is 12.8 Å². The lowest BCUT2D eigenvalue weighted by atomic mass is 10.1. The van der Waals surface area contributed by atoms with Crippen LogP contribution in [0.3, 0.4) is 0 Å². The van der Waals surface area contributed by atoms with Gasteiger partial charge in [0.05, 0.1) is 12.1 Å². The number of aliphatic hydroxyl groups excluding tert-OH is 1. The van der Waals surface area contributed by atoms with Crippen molar-refractivity contribution in [2.24, 2.45) is 0 Å². The number of hydrogen-bond donors (Lipinski definition) is 2. The molecule has 0 aliphatic rings. The molecular weight excluding hydrogens is 317 g/mol. The van der Waals surface area contributed by atoms with Crippen LogP contribution in [0.1, 0.15) is 12.8 Å². The van der Waals surface area contributed by atoms with Gasteiger partial charge in [0.2, 0.25) is 0 Å². The molecular formula is C16H12FN3O4. The summed E-state index contributed by atoms with van der Waals surface area (Å²) in [6, 6.07) is 6.76. The van der Waals surface area contributed by atoms with Crippen LogP contribution in [0.4, 0.5) is 4.39 Å². The summed E-state index contributed by atoms with van der Waals surface area (Å²) in [5.74, 6) is -1.85. The lowest BCUT2D eigenvalue weighted by Gasteiger charge is -2.05. The largest absolute Gasteiger partial charge is 0.511 e. The first-order chi connectivity index (χ1) is 11.5. The van der Waals surface area contributed by atoms with Gasteiger partial charge in [-0.05, 0) is 24.3 Å². The summed E-state index contributed by atoms with van der Waals surface area (Å²) in [5.41, 5.74) is 0.547. The summed E-state index contributed by atoms with van der Waals surface area (Å²) >= 11 is 0. The standard InChI is InChI=1S/C16H12FN3O4/c17-10-3-1-9(2-4-10)11-7-13(22)15(12(21)5-6-14(23)24)16-18-8-19-20(11)16/h1-4,7-8,21H,5-6H2,(H,23,24)/b15-12-. The average molecular weight is 329 g/mol. The second-order valence-corrected chi connectivity index (χ2v) is 5.11. The Morgan fingerprint density at radius 3 is 2.54 bits per heavy atom. The molecule has 0 amide bonds. The first-order valence-electron chi connectivity index (χ1n) is 7.04. The number of pyridine rings is 1. The first-order valence-corrected chi connectivity index (χ1v) is 7.04. The van der Waals surface area contributed by atoms with E-state index < -0.39 is 17.2 Å². The van der Waals surface area contributed by atoms with Crippen LogP contribution in [0, 0.1) is 5.82 Å². The van der Waals surface area contributed by atoms with Crippen LogP contribution in [0.5, 0.6) is 0 Å². The van der Waals surface area contributed by atoms with E-state index in [1.807, 2.05) is 0 Å². The van der Waals surface area contributed by atoms with Crippen LogP contribution in [-0.2, 0) is 4.79 Å². The van der Waals surface area contributed by atoms with Crippen LogP contribution in [0.2, 0.25) is 0 Å². The number of benzene rings is 1. The second-order valence-electron chi connectivity index (χ2n) is 5.11. The summed E-state index contributed by atoms with van der Waals surface area (Å²) in [6.07, 6.45) is 0.712. The molecule has 3 rings (SSSR count). The molecule has 122 valence electrons. The van der Waals surface area contributed by atoms with Crippen LogP contribution >= 0.6 is 0 Å². The number of aromatic nitrogens is 3. The lowest BCUT2D eigenvalue weighted by molar-refractivity contribution is -0.136. The molecule has 0 bridgehead atoms. The van der Waals surface area contributed by atoms with Gasteiger partial charge >= 0.3 is 5.97 Å². The molecule has 0 saturated carbocycles. The van der Waals surface area contributed by atoms with Gasteiger partial charge in [0.25, 0.3) is 0 Å². The van der Waals surface area contributed by atoms with Gasteiger partial charge in [-0.25, -0.2) is 13.9 Å². The summed E-state index contributed by atoms with van der Waals surface area (Å²) in [6.45, 7) is 0. The summed E-state index contributed by atoms with van der Waals surface area (Å²) in [4.78, 5) is 27.0. The third kappa shape index (κ3) is 2.81. The minimum Gasteiger partial charge on any atom is -0.511 e. The quantitative estimate of drug-likeness (QED) is 0.744. The van der Waals surface area contributed by atoms with Crippen molar-refractivity contribution < 1.29 is 19.4 Å². The molecule has 0 fully saturated rings.